The van der Waals surface area contributed by atoms with Gasteiger partial charge in [-0.2, -0.15) is 0 Å². The van der Waals surface area contributed by atoms with E-state index in [1.165, 1.54) is 9.75 Å². The first-order valence-electron chi connectivity index (χ1n) is 8.03. The molecule has 26 heavy (non-hydrogen) atoms. The molecule has 0 fully saturated rings. The van der Waals surface area contributed by atoms with Crippen LogP contribution in [0.5, 0.6) is 5.75 Å². The van der Waals surface area contributed by atoms with Crippen LogP contribution in [0.1, 0.15) is 16.2 Å². The van der Waals surface area contributed by atoms with Gasteiger partial charge in [-0.3, -0.25) is 4.79 Å². The SMILES string of the molecule is CN(C)Cc1cc(OCC/C=C\NC(=O)CSCc2cccs2)cs1.Cl. The molecule has 1 N–H and O–H groups in total. The summed E-state index contributed by atoms with van der Waals surface area (Å²) < 4.78 is 5.71. The highest BCUT2D eigenvalue weighted by Crippen LogP contribution is 2.22. The Bertz CT molecular complexity index is 657. The van der Waals surface area contributed by atoms with Crippen molar-refractivity contribution < 1.29 is 9.53 Å². The molecule has 0 radical (unpaired) electrons. The van der Waals surface area contributed by atoms with Gasteiger partial charge in [-0.1, -0.05) is 12.1 Å². The Labute approximate surface area is 174 Å². The van der Waals surface area contributed by atoms with Crippen molar-refractivity contribution >= 4 is 52.7 Å². The lowest BCUT2D eigenvalue weighted by Gasteiger charge is -2.06. The standard InChI is InChI=1S/C18H24N2O2S3.ClH/c1-20(2)11-17-10-15(12-25-17)22-8-4-3-7-19-18(21)14-23-13-16-6-5-9-24-16;/h3,5-7,9-10,12H,4,8,11,13-14H2,1-2H3,(H,19,21);1H/b7-3-;. The molecule has 1 amide bonds. The molecule has 0 aliphatic carbocycles. The van der Waals surface area contributed by atoms with E-state index >= 15 is 0 Å². The number of thioether (sulfide) groups is 1. The Hall–Kier alpha value is -0.990. The second-order valence-corrected chi connectivity index (χ2v) is 8.68. The first kappa shape index (κ1) is 23.0. The molecule has 2 rings (SSSR count). The number of rotatable bonds is 11. The Balaban J connectivity index is 0.00000338. The maximum Gasteiger partial charge on any atom is 0.233 e. The number of hydrogen-bond acceptors (Lipinski definition) is 6. The fourth-order valence-electron chi connectivity index (χ4n) is 1.99. The number of halogens is 1. The quantitative estimate of drug-likeness (QED) is 0.526. The minimum Gasteiger partial charge on any atom is -0.492 e. The molecule has 8 heteroatoms. The molecule has 0 saturated carbocycles. The summed E-state index contributed by atoms with van der Waals surface area (Å²) in [7, 11) is 4.11. The summed E-state index contributed by atoms with van der Waals surface area (Å²) in [6, 6.07) is 6.21. The summed E-state index contributed by atoms with van der Waals surface area (Å²) in [6.45, 7) is 1.54. The van der Waals surface area contributed by atoms with Gasteiger partial charge in [0.1, 0.15) is 5.75 Å². The van der Waals surface area contributed by atoms with E-state index in [4.69, 9.17) is 4.74 Å². The lowest BCUT2D eigenvalue weighted by Crippen LogP contribution is -2.19. The largest absolute Gasteiger partial charge is 0.492 e. The van der Waals surface area contributed by atoms with Gasteiger partial charge in [0.25, 0.3) is 0 Å². The van der Waals surface area contributed by atoms with Crippen molar-refractivity contribution in [1.29, 1.82) is 0 Å². The number of carbonyl (C=O) groups is 1. The lowest BCUT2D eigenvalue weighted by molar-refractivity contribution is -0.117. The Morgan fingerprint density at radius 3 is 2.92 bits per heavy atom. The van der Waals surface area contributed by atoms with E-state index in [9.17, 15) is 4.79 Å². The minimum atomic E-state index is 0. The van der Waals surface area contributed by atoms with Crippen LogP contribution in [-0.2, 0) is 17.1 Å². The Morgan fingerprint density at radius 2 is 2.19 bits per heavy atom. The van der Waals surface area contributed by atoms with Crippen molar-refractivity contribution in [3.8, 4) is 5.75 Å². The molecular weight excluding hydrogens is 408 g/mol. The number of hydrogen-bond donors (Lipinski definition) is 1. The summed E-state index contributed by atoms with van der Waals surface area (Å²) in [5.41, 5.74) is 0. The third-order valence-electron chi connectivity index (χ3n) is 3.07. The van der Waals surface area contributed by atoms with Crippen LogP contribution in [0.4, 0.5) is 0 Å². The van der Waals surface area contributed by atoms with Crippen LogP contribution in [0.2, 0.25) is 0 Å². The summed E-state index contributed by atoms with van der Waals surface area (Å²) in [4.78, 5) is 16.4. The fourth-order valence-corrected chi connectivity index (χ4v) is 4.59. The molecule has 0 unspecified atom stereocenters. The van der Waals surface area contributed by atoms with Crippen LogP contribution in [0.3, 0.4) is 0 Å². The third kappa shape index (κ3) is 9.64. The number of carbonyl (C=O) groups excluding carboxylic acids is 1. The van der Waals surface area contributed by atoms with Gasteiger partial charge in [0.05, 0.1) is 12.4 Å². The summed E-state index contributed by atoms with van der Waals surface area (Å²) in [6.07, 6.45) is 4.40. The number of ether oxygens (including phenoxy) is 1. The topological polar surface area (TPSA) is 41.6 Å². The van der Waals surface area contributed by atoms with Gasteiger partial charge in [-0.05, 0) is 37.8 Å². The molecule has 4 nitrogen and oxygen atoms in total. The predicted octanol–water partition coefficient (Wildman–Crippen LogP) is 4.63. The van der Waals surface area contributed by atoms with E-state index in [1.807, 2.05) is 17.5 Å². The first-order valence-corrected chi connectivity index (χ1v) is 10.9. The smallest absolute Gasteiger partial charge is 0.233 e. The third-order valence-corrected chi connectivity index (χ3v) is 6.02. The fraction of sp³-hybridized carbons (Fsp3) is 0.389. The number of nitrogens with one attached hydrogen (secondary N) is 1. The van der Waals surface area contributed by atoms with Crippen LogP contribution >= 0.6 is 46.8 Å². The van der Waals surface area contributed by atoms with Gasteiger partial charge in [0.15, 0.2) is 0 Å². The van der Waals surface area contributed by atoms with Gasteiger partial charge >= 0.3 is 0 Å². The molecular formula is C18H25ClN2O2S3. The monoisotopic (exact) mass is 432 g/mol. The predicted molar refractivity (Wildman–Crippen MR) is 117 cm³/mol. The van der Waals surface area contributed by atoms with E-state index in [2.05, 4.69) is 41.8 Å². The highest BCUT2D eigenvalue weighted by atomic mass is 35.5. The zero-order chi connectivity index (χ0) is 17.9. The first-order chi connectivity index (χ1) is 12.1. The van der Waals surface area contributed by atoms with Crippen molar-refractivity contribution in [3.63, 3.8) is 0 Å². The molecule has 0 bridgehead atoms. The average Bonchev–Trinajstić information content (AvgIpc) is 3.22. The normalized spacial score (nSPS) is 10.9. The van der Waals surface area contributed by atoms with Crippen LogP contribution in [0, 0.1) is 0 Å². The number of amides is 1. The molecule has 0 saturated heterocycles. The van der Waals surface area contributed by atoms with E-state index in [1.54, 1.807) is 40.6 Å². The van der Waals surface area contributed by atoms with E-state index in [0.717, 1.165) is 24.5 Å². The minimum absolute atomic E-state index is 0. The van der Waals surface area contributed by atoms with Crippen molar-refractivity contribution in [2.75, 3.05) is 26.5 Å². The number of nitrogens with zero attached hydrogens (tertiary/aromatic N) is 1. The molecule has 2 aromatic rings. The summed E-state index contributed by atoms with van der Waals surface area (Å²) in [5.74, 6) is 2.32. The Morgan fingerprint density at radius 1 is 1.35 bits per heavy atom. The molecule has 0 spiro atoms. The van der Waals surface area contributed by atoms with E-state index in [-0.39, 0.29) is 18.3 Å². The van der Waals surface area contributed by atoms with Crippen LogP contribution in [0.15, 0.2) is 41.2 Å². The molecule has 2 heterocycles. The van der Waals surface area contributed by atoms with Gasteiger partial charge in [-0.15, -0.1) is 46.8 Å². The molecule has 2 aromatic heterocycles. The highest BCUT2D eigenvalue weighted by molar-refractivity contribution is 7.99. The molecule has 144 valence electrons. The van der Waals surface area contributed by atoms with Crippen LogP contribution < -0.4 is 10.1 Å². The summed E-state index contributed by atoms with van der Waals surface area (Å²) >= 11 is 5.06. The maximum absolute atomic E-state index is 11.7. The Kier molecular flexibility index (Phi) is 11.7. The van der Waals surface area contributed by atoms with E-state index < -0.39 is 0 Å². The zero-order valence-electron chi connectivity index (χ0n) is 15.0. The van der Waals surface area contributed by atoms with Gasteiger partial charge in [0.2, 0.25) is 5.91 Å². The van der Waals surface area contributed by atoms with Crippen molar-refractivity contribution in [2.24, 2.45) is 0 Å². The summed E-state index contributed by atoms with van der Waals surface area (Å²) in [5, 5.41) is 6.88. The second-order valence-electron chi connectivity index (χ2n) is 5.67. The van der Waals surface area contributed by atoms with Crippen LogP contribution in [0.25, 0.3) is 0 Å². The molecule has 0 aliphatic rings. The molecule has 0 aliphatic heterocycles. The van der Waals surface area contributed by atoms with Crippen LogP contribution in [-0.4, -0.2) is 37.3 Å². The van der Waals surface area contributed by atoms with E-state index in [0.29, 0.717) is 12.4 Å². The average molecular weight is 433 g/mol. The highest BCUT2D eigenvalue weighted by Gasteiger charge is 2.02. The zero-order valence-corrected chi connectivity index (χ0v) is 18.2. The van der Waals surface area contributed by atoms with Crippen molar-refractivity contribution in [1.82, 2.24) is 10.2 Å². The second kappa shape index (κ2) is 13.2. The number of thiophene rings is 2. The van der Waals surface area contributed by atoms with Crippen molar-refractivity contribution in [2.45, 2.75) is 18.7 Å². The van der Waals surface area contributed by atoms with Crippen molar-refractivity contribution in [3.05, 3.63) is 51.0 Å². The lowest BCUT2D eigenvalue weighted by atomic mass is 10.4. The maximum atomic E-state index is 11.7. The van der Waals surface area contributed by atoms with Gasteiger partial charge in [0, 0.05) is 33.9 Å². The van der Waals surface area contributed by atoms with Gasteiger partial charge < -0.3 is 15.0 Å². The molecule has 0 aromatic carbocycles. The molecule has 0 atom stereocenters. The van der Waals surface area contributed by atoms with Gasteiger partial charge in [-0.25, -0.2) is 0 Å².